The van der Waals surface area contributed by atoms with E-state index < -0.39 is 9.84 Å². The molecule has 0 spiro atoms. The topological polar surface area (TPSA) is 49.4 Å². The van der Waals surface area contributed by atoms with Crippen LogP contribution in [-0.4, -0.2) is 45.2 Å². The number of benzene rings is 1. The average molecular weight is 310 g/mol. The zero-order valence-corrected chi connectivity index (χ0v) is 13.8. The molecule has 0 amide bonds. The van der Waals surface area contributed by atoms with Crippen LogP contribution in [0.1, 0.15) is 31.7 Å². The van der Waals surface area contributed by atoms with E-state index >= 15 is 0 Å². The fourth-order valence-electron chi connectivity index (χ4n) is 2.77. The number of sulfone groups is 1. The monoisotopic (exact) mass is 310 g/mol. The first-order valence-corrected chi connectivity index (χ1v) is 9.63. The second-order valence-electron chi connectivity index (χ2n) is 5.89. The van der Waals surface area contributed by atoms with Crippen LogP contribution in [0.5, 0.6) is 0 Å². The second-order valence-corrected chi connectivity index (χ2v) is 7.91. The Kier molecular flexibility index (Phi) is 5.79. The van der Waals surface area contributed by atoms with Crippen molar-refractivity contribution >= 4 is 9.84 Å². The van der Waals surface area contributed by atoms with Crippen molar-refractivity contribution in [2.75, 3.05) is 25.9 Å². The highest BCUT2D eigenvalue weighted by Gasteiger charge is 2.14. The molecule has 1 atom stereocenters. The van der Waals surface area contributed by atoms with E-state index in [1.165, 1.54) is 24.7 Å². The highest BCUT2D eigenvalue weighted by Crippen LogP contribution is 2.14. The third-order valence-electron chi connectivity index (χ3n) is 4.13. The van der Waals surface area contributed by atoms with Gasteiger partial charge >= 0.3 is 0 Å². The second kappa shape index (κ2) is 7.38. The van der Waals surface area contributed by atoms with Crippen LogP contribution in [0.3, 0.4) is 0 Å². The molecule has 0 bridgehead atoms. The van der Waals surface area contributed by atoms with Gasteiger partial charge in [-0.2, -0.15) is 0 Å². The SMILES string of the molecule is CCC1CCN(Cc2ccc(S(C)(=O)=O)cc2)CCCN1. The summed E-state index contributed by atoms with van der Waals surface area (Å²) in [5.74, 6) is 0. The smallest absolute Gasteiger partial charge is 0.175 e. The summed E-state index contributed by atoms with van der Waals surface area (Å²) in [4.78, 5) is 2.87. The van der Waals surface area contributed by atoms with Crippen LogP contribution in [0, 0.1) is 0 Å². The Balaban J connectivity index is 1.96. The molecule has 1 aliphatic heterocycles. The first-order valence-electron chi connectivity index (χ1n) is 7.74. The molecule has 1 saturated heterocycles. The van der Waals surface area contributed by atoms with Gasteiger partial charge in [0.05, 0.1) is 4.90 Å². The van der Waals surface area contributed by atoms with Gasteiger partial charge in [-0.3, -0.25) is 4.90 Å². The number of hydrogen-bond acceptors (Lipinski definition) is 4. The van der Waals surface area contributed by atoms with E-state index in [1.807, 2.05) is 12.1 Å². The van der Waals surface area contributed by atoms with Gasteiger partial charge in [0.15, 0.2) is 9.84 Å². The Morgan fingerprint density at radius 1 is 1.24 bits per heavy atom. The van der Waals surface area contributed by atoms with Crippen LogP contribution in [0.15, 0.2) is 29.2 Å². The van der Waals surface area contributed by atoms with E-state index in [1.54, 1.807) is 12.1 Å². The molecule has 0 aliphatic carbocycles. The van der Waals surface area contributed by atoms with Crippen LogP contribution in [0.4, 0.5) is 0 Å². The predicted octanol–water partition coefficient (Wildman–Crippen LogP) is 2.05. The molecule has 0 aromatic heterocycles. The maximum absolute atomic E-state index is 11.5. The first-order chi connectivity index (χ1) is 9.99. The minimum absolute atomic E-state index is 0.397. The fraction of sp³-hybridized carbons (Fsp3) is 0.625. The first kappa shape index (κ1) is 16.5. The van der Waals surface area contributed by atoms with E-state index in [2.05, 4.69) is 17.1 Å². The Morgan fingerprint density at radius 2 is 1.95 bits per heavy atom. The number of nitrogens with zero attached hydrogens (tertiary/aromatic N) is 1. The van der Waals surface area contributed by atoms with Gasteiger partial charge in [0.25, 0.3) is 0 Å². The van der Waals surface area contributed by atoms with Crippen molar-refractivity contribution in [1.29, 1.82) is 0 Å². The molecule has 0 radical (unpaired) electrons. The van der Waals surface area contributed by atoms with Gasteiger partial charge < -0.3 is 5.32 Å². The summed E-state index contributed by atoms with van der Waals surface area (Å²) < 4.78 is 22.9. The predicted molar refractivity (Wildman–Crippen MR) is 86.1 cm³/mol. The molecule has 1 fully saturated rings. The molecule has 5 heteroatoms. The maximum Gasteiger partial charge on any atom is 0.175 e. The van der Waals surface area contributed by atoms with Crippen molar-refractivity contribution in [3.05, 3.63) is 29.8 Å². The van der Waals surface area contributed by atoms with Gasteiger partial charge in [-0.05, 0) is 56.6 Å². The quantitative estimate of drug-likeness (QED) is 0.925. The van der Waals surface area contributed by atoms with Gasteiger partial charge in [0, 0.05) is 18.8 Å². The molecule has 2 rings (SSSR count). The van der Waals surface area contributed by atoms with Crippen molar-refractivity contribution in [3.8, 4) is 0 Å². The van der Waals surface area contributed by atoms with Crippen LogP contribution in [0.2, 0.25) is 0 Å². The van der Waals surface area contributed by atoms with Crippen molar-refractivity contribution in [2.24, 2.45) is 0 Å². The third-order valence-corrected chi connectivity index (χ3v) is 5.26. The highest BCUT2D eigenvalue weighted by atomic mass is 32.2. The summed E-state index contributed by atoms with van der Waals surface area (Å²) in [6.45, 7) is 6.41. The molecule has 1 unspecified atom stereocenters. The molecular formula is C16H26N2O2S. The van der Waals surface area contributed by atoms with E-state index in [0.29, 0.717) is 10.9 Å². The summed E-state index contributed by atoms with van der Waals surface area (Å²) in [7, 11) is -3.10. The van der Waals surface area contributed by atoms with E-state index in [-0.39, 0.29) is 0 Å². The minimum Gasteiger partial charge on any atom is -0.314 e. The largest absolute Gasteiger partial charge is 0.314 e. The molecule has 1 aromatic rings. The molecule has 118 valence electrons. The van der Waals surface area contributed by atoms with E-state index in [9.17, 15) is 8.42 Å². The maximum atomic E-state index is 11.5. The van der Waals surface area contributed by atoms with Crippen LogP contribution >= 0.6 is 0 Å². The van der Waals surface area contributed by atoms with Crippen molar-refractivity contribution in [1.82, 2.24) is 10.2 Å². The molecule has 21 heavy (non-hydrogen) atoms. The van der Waals surface area contributed by atoms with Crippen molar-refractivity contribution < 1.29 is 8.42 Å². The van der Waals surface area contributed by atoms with Crippen LogP contribution < -0.4 is 5.32 Å². The molecule has 4 nitrogen and oxygen atoms in total. The van der Waals surface area contributed by atoms with Gasteiger partial charge in [-0.25, -0.2) is 8.42 Å². The average Bonchev–Trinajstić information content (AvgIpc) is 2.42. The lowest BCUT2D eigenvalue weighted by molar-refractivity contribution is 0.224. The van der Waals surface area contributed by atoms with Crippen molar-refractivity contribution in [3.63, 3.8) is 0 Å². The molecule has 1 aliphatic rings. The Morgan fingerprint density at radius 3 is 2.57 bits per heavy atom. The zero-order valence-electron chi connectivity index (χ0n) is 13.0. The van der Waals surface area contributed by atoms with Gasteiger partial charge in [-0.15, -0.1) is 0 Å². The summed E-state index contributed by atoms with van der Waals surface area (Å²) in [5.41, 5.74) is 1.18. The lowest BCUT2D eigenvalue weighted by Gasteiger charge is -2.28. The summed E-state index contributed by atoms with van der Waals surface area (Å²) in [6, 6.07) is 7.92. The molecule has 1 aromatic carbocycles. The van der Waals surface area contributed by atoms with Crippen molar-refractivity contribution in [2.45, 2.75) is 43.7 Å². The Bertz CT molecular complexity index is 540. The summed E-state index contributed by atoms with van der Waals surface area (Å²) >= 11 is 0. The van der Waals surface area contributed by atoms with Gasteiger partial charge in [0.2, 0.25) is 0 Å². The van der Waals surface area contributed by atoms with Crippen LogP contribution in [-0.2, 0) is 16.4 Å². The normalized spacial score (nSPS) is 21.7. The fourth-order valence-corrected chi connectivity index (χ4v) is 3.40. The molecular weight excluding hydrogens is 284 g/mol. The lowest BCUT2D eigenvalue weighted by atomic mass is 10.1. The van der Waals surface area contributed by atoms with Gasteiger partial charge in [0.1, 0.15) is 0 Å². The van der Waals surface area contributed by atoms with E-state index in [0.717, 1.165) is 32.6 Å². The minimum atomic E-state index is -3.10. The summed E-state index contributed by atoms with van der Waals surface area (Å²) in [5, 5.41) is 3.59. The number of hydrogen-bond donors (Lipinski definition) is 1. The number of rotatable bonds is 4. The molecule has 1 N–H and O–H groups in total. The Labute approximate surface area is 128 Å². The molecule has 1 heterocycles. The highest BCUT2D eigenvalue weighted by molar-refractivity contribution is 7.90. The third kappa shape index (κ3) is 5.09. The Hall–Kier alpha value is -0.910. The van der Waals surface area contributed by atoms with E-state index in [4.69, 9.17) is 0 Å². The molecule has 0 saturated carbocycles. The zero-order chi connectivity index (χ0) is 15.3. The standard InChI is InChI=1S/C16H26N2O2S/c1-3-15-9-12-18(11-4-10-17-15)13-14-5-7-16(8-6-14)21(2,19)20/h5-8,15,17H,3-4,9-13H2,1-2H3. The number of nitrogens with one attached hydrogen (secondary N) is 1. The van der Waals surface area contributed by atoms with Gasteiger partial charge in [-0.1, -0.05) is 19.1 Å². The van der Waals surface area contributed by atoms with Crippen LogP contribution in [0.25, 0.3) is 0 Å². The lowest BCUT2D eigenvalue weighted by Crippen LogP contribution is -2.39. The summed E-state index contributed by atoms with van der Waals surface area (Å²) in [6.07, 6.45) is 4.77.